The summed E-state index contributed by atoms with van der Waals surface area (Å²) in [5.41, 5.74) is 1.58. The van der Waals surface area contributed by atoms with Crippen molar-refractivity contribution >= 4 is 78.6 Å². The van der Waals surface area contributed by atoms with Gasteiger partial charge in [0.25, 0.3) is 0 Å². The highest BCUT2D eigenvalue weighted by molar-refractivity contribution is 7.89. The van der Waals surface area contributed by atoms with Crippen molar-refractivity contribution in [3.8, 4) is 0 Å². The van der Waals surface area contributed by atoms with E-state index >= 15 is 0 Å². The number of carbonyl (C=O) groups excluding carboxylic acids is 10. The minimum Gasteiger partial charge on any atom is -0.379 e. The minimum atomic E-state index is -3.85. The Morgan fingerprint density at radius 2 is 0.913 bits per heavy atom. The van der Waals surface area contributed by atoms with Gasteiger partial charge in [0.2, 0.25) is 55.5 Å². The number of likely N-dealkylation sites (N-methyl/N-ethyl adjacent to an activating group) is 3. The second kappa shape index (κ2) is 43.5. The number of hydrogen-bond donors (Lipinski definition) is 3. The molecule has 2 aromatic carbocycles. The summed E-state index contributed by atoms with van der Waals surface area (Å²) in [5, 5.41) is 3.49. The lowest BCUT2D eigenvalue weighted by molar-refractivity contribution is -0.149. The quantitative estimate of drug-likeness (QED) is 0.0558. The van der Waals surface area contributed by atoms with Gasteiger partial charge in [-0.05, 0) is 131 Å². The third-order valence-corrected chi connectivity index (χ3v) is 27.7. The van der Waals surface area contributed by atoms with E-state index in [4.69, 9.17) is 18.9 Å². The Bertz CT molecular complexity index is 3830. The molecule has 4 saturated heterocycles. The lowest BCUT2D eigenvalue weighted by Crippen LogP contribution is -2.54. The highest BCUT2D eigenvalue weighted by Crippen LogP contribution is 2.44. The number of nitrogens with zero attached hydrogens (tertiary/aromatic N) is 5. The molecule has 0 radical (unpaired) electrons. The second-order valence-electron chi connectivity index (χ2n) is 35.1. The van der Waals surface area contributed by atoms with Crippen molar-refractivity contribution < 1.29 is 83.7 Å². The summed E-state index contributed by atoms with van der Waals surface area (Å²) in [7, 11) is 4.01. The van der Waals surface area contributed by atoms with Crippen molar-refractivity contribution in [3.63, 3.8) is 0 Å². The number of sulfonamides is 2. The van der Waals surface area contributed by atoms with Gasteiger partial charge in [-0.3, -0.25) is 62.3 Å². The van der Waals surface area contributed by atoms with Crippen LogP contribution in [-0.4, -0.2) is 248 Å². The largest absolute Gasteiger partial charge is 0.379 e. The predicted molar refractivity (Wildman–Crippen MR) is 441 cm³/mol. The van der Waals surface area contributed by atoms with Gasteiger partial charge in [0, 0.05) is 129 Å². The van der Waals surface area contributed by atoms with Gasteiger partial charge >= 0.3 is 0 Å². The van der Waals surface area contributed by atoms with Gasteiger partial charge in [-0.15, -0.1) is 0 Å². The molecule has 0 unspecified atom stereocenters. The zero-order chi connectivity index (χ0) is 85.2. The topological polar surface area (TPSA) is 328 Å². The van der Waals surface area contributed by atoms with Crippen LogP contribution in [0.5, 0.6) is 0 Å². The number of amides is 6. The fourth-order valence-corrected chi connectivity index (χ4v) is 20.8. The van der Waals surface area contributed by atoms with Crippen molar-refractivity contribution in [1.29, 1.82) is 0 Å². The number of methoxy groups -OCH3 is 4. The number of nitrogens with one attached hydrogen (secondary N) is 3. The van der Waals surface area contributed by atoms with Crippen LogP contribution in [0.25, 0.3) is 0 Å². The number of benzene rings is 2. The number of piperidine rings is 2. The summed E-state index contributed by atoms with van der Waals surface area (Å²) < 4.78 is 75.9. The number of carbonyl (C=O) groups is 10. The fourth-order valence-electron chi connectivity index (χ4n) is 19.7. The monoisotopic (exact) mass is 1650 g/mol. The van der Waals surface area contributed by atoms with Crippen LogP contribution in [0.15, 0.2) is 60.7 Å². The number of ketones is 4. The van der Waals surface area contributed by atoms with Crippen LogP contribution < -0.4 is 14.8 Å². The molecule has 3 N–H and O–H groups in total. The maximum atomic E-state index is 14.4. The summed E-state index contributed by atoms with van der Waals surface area (Å²) >= 11 is 0. The summed E-state index contributed by atoms with van der Waals surface area (Å²) in [6.07, 6.45) is 9.99. The molecule has 2 aromatic rings. The average Bonchev–Trinajstić information content (AvgIpc) is 1.60. The maximum absolute atomic E-state index is 14.4. The number of fused-ring (bicyclic) bond motifs is 4. The number of hydrogen-bond acceptors (Lipinski definition) is 20. The van der Waals surface area contributed by atoms with E-state index in [-0.39, 0.29) is 134 Å². The molecule has 6 amide bonds. The number of Topliss-reactive ketones (excluding diaryl/α,β-unsaturated/α-hetero) is 4. The number of ether oxygens (including phenoxy) is 4. The van der Waals surface area contributed by atoms with Crippen molar-refractivity contribution in [3.05, 3.63) is 71.8 Å². The zero-order valence-corrected chi connectivity index (χ0v) is 73.7. The normalized spacial score (nSPS) is 24.4. The smallest absolute Gasteiger partial charge is 0.237 e. The predicted octanol–water partition coefficient (Wildman–Crippen LogP) is 8.69. The molecule has 28 heteroatoms. The maximum Gasteiger partial charge on any atom is 0.237 e. The summed E-state index contributed by atoms with van der Waals surface area (Å²) in [6, 6.07) is 17.0. The van der Waals surface area contributed by atoms with Gasteiger partial charge in [0.15, 0.2) is 11.6 Å². The van der Waals surface area contributed by atoms with Crippen LogP contribution in [-0.2, 0) is 99.8 Å². The first-order valence-electron chi connectivity index (χ1n) is 42.2. The van der Waals surface area contributed by atoms with E-state index in [2.05, 4.69) is 17.1 Å². The summed E-state index contributed by atoms with van der Waals surface area (Å²) in [6.45, 7) is 20.5. The first kappa shape index (κ1) is 95.7. The van der Waals surface area contributed by atoms with Crippen LogP contribution in [0, 0.1) is 71.0 Å². The number of likely N-dealkylation sites (tertiary alicyclic amines) is 3. The van der Waals surface area contributed by atoms with E-state index in [1.54, 1.807) is 61.8 Å². The Kier molecular flexibility index (Phi) is 36.2. The molecule has 22 atom stereocenters. The van der Waals surface area contributed by atoms with Gasteiger partial charge in [-0.1, -0.05) is 143 Å². The van der Waals surface area contributed by atoms with Gasteiger partial charge < -0.3 is 43.9 Å². The molecular formula is C87H138N8O18S2. The van der Waals surface area contributed by atoms with E-state index in [0.717, 1.165) is 75.0 Å². The lowest BCUT2D eigenvalue weighted by Gasteiger charge is -2.41. The van der Waals surface area contributed by atoms with Gasteiger partial charge in [-0.2, -0.15) is 0 Å². The molecule has 115 heavy (non-hydrogen) atoms. The molecule has 2 saturated carbocycles. The molecule has 4 aliphatic heterocycles. The van der Waals surface area contributed by atoms with Gasteiger partial charge in [-0.25, -0.2) is 16.8 Å². The van der Waals surface area contributed by atoms with E-state index in [0.29, 0.717) is 62.7 Å². The standard InChI is InChI=1S/C44H70N4O9S.C43H68N4O9S/c1-11-28(4)40(47(7)44(53)34(27(2)3)25-37(50)41-31-19-20-33(23-31)46(41)6)38(56-8)26-39(51)48-21-15-18-35(48)42(57-9)29(5)36(49)24-32(43(52)45-58(10,54)55)22-30-16-13-12-14-17-30;1-10-27(4)40(46(6)43(52)33(26(2)3)24-36(49)39-30-18-19-32(22-30)44-39)37(55-7)25-38(50)47-20-14-17-34(47)41(56-8)28(5)35(48)23-31(42(51)45-57(9,53)54)21-29-15-12-11-13-16-29/h12-14,16-17,27-29,31-35,38,40-42H,11,15,18-26H2,1-10H3,(H,45,52);11-13,15-16,26-28,30-34,37,39-41,44H,10,14,17-25H2,1-9H3,(H,45,51)/t28-,29-,31-,32+,33+,34-,35-,38+,40-,41-,42+;27-,28-,30-,31+,32+,33-,34-,37+,39-,40-,41+/m00/s1. The molecular weight excluding hydrogens is 1510 g/mol. The Hall–Kier alpha value is -6.40. The Morgan fingerprint density at radius 3 is 1.24 bits per heavy atom. The van der Waals surface area contributed by atoms with Crippen LogP contribution in [0.4, 0.5) is 0 Å². The zero-order valence-electron chi connectivity index (χ0n) is 72.1. The van der Waals surface area contributed by atoms with Crippen LogP contribution in [0.2, 0.25) is 0 Å². The van der Waals surface area contributed by atoms with Crippen LogP contribution >= 0.6 is 0 Å². The fraction of sp³-hybridized carbons (Fsp3) is 0.747. The van der Waals surface area contributed by atoms with E-state index < -0.39 is 116 Å². The van der Waals surface area contributed by atoms with Crippen molar-refractivity contribution in [1.82, 2.24) is 39.3 Å². The molecule has 0 aromatic heterocycles. The molecule has 0 spiro atoms. The van der Waals surface area contributed by atoms with Gasteiger partial charge in [0.05, 0.1) is 86.0 Å². The third kappa shape index (κ3) is 25.3. The molecule has 6 aliphatic rings. The summed E-state index contributed by atoms with van der Waals surface area (Å²) in [4.78, 5) is 148. The molecule has 26 nitrogen and oxygen atoms in total. The van der Waals surface area contributed by atoms with Crippen molar-refractivity contribution in [2.45, 2.75) is 270 Å². The van der Waals surface area contributed by atoms with Crippen molar-refractivity contribution in [2.75, 3.05) is 75.2 Å². The third-order valence-electron chi connectivity index (χ3n) is 26.6. The van der Waals surface area contributed by atoms with E-state index in [1.165, 1.54) is 14.2 Å². The first-order valence-corrected chi connectivity index (χ1v) is 45.9. The molecule has 646 valence electrons. The van der Waals surface area contributed by atoms with Gasteiger partial charge in [0.1, 0.15) is 11.6 Å². The SMILES string of the molecule is CC[C@H](C)[C@@H]([C@@H](CC(=O)N1CCC[C@H]1[C@H](OC)[C@@H](C)C(=O)C[C@@H](Cc1ccccc1)C(=O)NS(C)(=O)=O)OC)N(C)C(=O)[C@@H](CC(=O)[C@@H]1[C@H]2CC[C@H](C2)N1C)C(C)C.CC[C@H](C)[C@@H]([C@@H](CC(=O)N1CCC[C@H]1[C@H](OC)[C@@H](C)C(=O)C[C@@H](Cc1ccccc1)C(=O)NS(C)(=O)=O)OC)N(C)C(=O)[C@@H](CC(=O)[C@H]1N[C@@H]2CC[C@H]1C2)C(C)C. The van der Waals surface area contributed by atoms with E-state index in [1.807, 2.05) is 126 Å². The highest BCUT2D eigenvalue weighted by atomic mass is 32.2. The number of rotatable bonds is 44. The molecule has 2 aliphatic carbocycles. The van der Waals surface area contributed by atoms with Crippen LogP contribution in [0.1, 0.15) is 196 Å². The summed E-state index contributed by atoms with van der Waals surface area (Å²) in [5.74, 6) is -6.13. The Morgan fingerprint density at radius 1 is 0.513 bits per heavy atom. The molecule has 8 rings (SSSR count). The average molecular weight is 1650 g/mol. The minimum absolute atomic E-state index is 0.00351. The molecule has 4 bridgehead atoms. The lowest BCUT2D eigenvalue weighted by atomic mass is 9.83. The van der Waals surface area contributed by atoms with E-state index in [9.17, 15) is 64.8 Å². The molecule has 6 fully saturated rings. The second-order valence-corrected chi connectivity index (χ2v) is 38.6. The first-order chi connectivity index (χ1) is 54.2. The Balaban J connectivity index is 0.000000318. The van der Waals surface area contributed by atoms with Crippen LogP contribution in [0.3, 0.4) is 0 Å². The molecule has 4 heterocycles. The van der Waals surface area contributed by atoms with Crippen molar-refractivity contribution in [2.24, 2.45) is 71.0 Å². The Labute approximate surface area is 686 Å². The highest BCUT2D eigenvalue weighted by Gasteiger charge is 2.51.